The van der Waals surface area contributed by atoms with Gasteiger partial charge >= 0.3 is 0 Å². The van der Waals surface area contributed by atoms with Crippen LogP contribution >= 0.6 is 0 Å². The molecular weight excluding hydrogens is 298 g/mol. The van der Waals surface area contributed by atoms with Crippen molar-refractivity contribution in [3.63, 3.8) is 0 Å². The van der Waals surface area contributed by atoms with Gasteiger partial charge in [-0.2, -0.15) is 0 Å². The number of hydrogen-bond donors (Lipinski definition) is 1. The van der Waals surface area contributed by atoms with Gasteiger partial charge in [0, 0.05) is 6.54 Å². The zero-order chi connectivity index (χ0) is 15.2. The predicted octanol–water partition coefficient (Wildman–Crippen LogP) is 1.48. The van der Waals surface area contributed by atoms with Gasteiger partial charge < -0.3 is 0 Å². The van der Waals surface area contributed by atoms with Gasteiger partial charge in [-0.3, -0.25) is 0 Å². The normalized spacial score (nSPS) is 21.6. The van der Waals surface area contributed by atoms with E-state index in [0.717, 1.165) is 0 Å². The SMILES string of the molecule is CC(C)(C)CNS(=O)(=O)[C@H]1CS(=O)(=O)c2ccccc21. The van der Waals surface area contributed by atoms with Crippen molar-refractivity contribution in [3.05, 3.63) is 29.8 Å². The van der Waals surface area contributed by atoms with Crippen molar-refractivity contribution in [1.82, 2.24) is 4.72 Å². The first-order chi connectivity index (χ1) is 9.03. The smallest absolute Gasteiger partial charge is 0.219 e. The maximum absolute atomic E-state index is 12.4. The maximum atomic E-state index is 12.4. The van der Waals surface area contributed by atoms with E-state index in [-0.39, 0.29) is 22.6 Å². The Hall–Kier alpha value is -0.920. The van der Waals surface area contributed by atoms with E-state index >= 15 is 0 Å². The van der Waals surface area contributed by atoms with Crippen LogP contribution in [0.15, 0.2) is 29.2 Å². The molecule has 0 aliphatic carbocycles. The number of hydrogen-bond acceptors (Lipinski definition) is 4. The molecule has 0 bridgehead atoms. The van der Waals surface area contributed by atoms with Crippen molar-refractivity contribution in [2.24, 2.45) is 5.41 Å². The second kappa shape index (κ2) is 4.82. The highest BCUT2D eigenvalue weighted by molar-refractivity contribution is 7.95. The Balaban J connectivity index is 2.36. The van der Waals surface area contributed by atoms with Crippen molar-refractivity contribution >= 4 is 19.9 Å². The minimum atomic E-state index is -3.71. The van der Waals surface area contributed by atoms with Gasteiger partial charge in [0.15, 0.2) is 9.84 Å². The standard InChI is InChI=1S/C13H19NO4S2/c1-13(2,3)9-14-20(17,18)12-8-19(15,16)11-7-5-4-6-10(11)12/h4-7,12,14H,8-9H2,1-3H3/t12-/m0/s1. The molecule has 0 radical (unpaired) electrons. The first-order valence-electron chi connectivity index (χ1n) is 6.33. The molecule has 1 atom stereocenters. The van der Waals surface area contributed by atoms with E-state index in [2.05, 4.69) is 4.72 Å². The van der Waals surface area contributed by atoms with Gasteiger partial charge in [-0.25, -0.2) is 21.6 Å². The summed E-state index contributed by atoms with van der Waals surface area (Å²) in [5, 5.41) is -1.02. The lowest BCUT2D eigenvalue weighted by atomic mass is 9.98. The first-order valence-corrected chi connectivity index (χ1v) is 9.53. The van der Waals surface area contributed by atoms with Gasteiger partial charge in [-0.15, -0.1) is 0 Å². The van der Waals surface area contributed by atoms with E-state index in [0.29, 0.717) is 5.56 Å². The quantitative estimate of drug-likeness (QED) is 0.915. The lowest BCUT2D eigenvalue weighted by Gasteiger charge is -2.20. The Morgan fingerprint density at radius 3 is 2.45 bits per heavy atom. The molecule has 1 aliphatic rings. The molecule has 2 rings (SSSR count). The third-order valence-corrected chi connectivity index (χ3v) is 6.89. The third-order valence-electron chi connectivity index (χ3n) is 3.15. The summed E-state index contributed by atoms with van der Waals surface area (Å²) in [5.74, 6) is -0.383. The van der Waals surface area contributed by atoms with Crippen molar-refractivity contribution < 1.29 is 16.8 Å². The molecule has 0 spiro atoms. The largest absolute Gasteiger partial charge is 0.224 e. The molecule has 0 unspecified atom stereocenters. The Bertz CT molecular complexity index is 715. The van der Waals surface area contributed by atoms with E-state index in [1.807, 2.05) is 20.8 Å². The van der Waals surface area contributed by atoms with E-state index in [1.165, 1.54) is 6.07 Å². The van der Waals surface area contributed by atoms with Crippen molar-refractivity contribution in [2.45, 2.75) is 30.9 Å². The fourth-order valence-corrected chi connectivity index (χ4v) is 6.40. The van der Waals surface area contributed by atoms with Crippen molar-refractivity contribution in [3.8, 4) is 0 Å². The molecule has 1 N–H and O–H groups in total. The zero-order valence-corrected chi connectivity index (χ0v) is 13.4. The monoisotopic (exact) mass is 317 g/mol. The highest BCUT2D eigenvalue weighted by Crippen LogP contribution is 2.37. The van der Waals surface area contributed by atoms with E-state index in [1.54, 1.807) is 18.2 Å². The van der Waals surface area contributed by atoms with E-state index < -0.39 is 25.1 Å². The molecule has 0 aromatic heterocycles. The molecule has 0 amide bonds. The lowest BCUT2D eigenvalue weighted by molar-refractivity contribution is 0.406. The molecule has 1 aliphatic heterocycles. The minimum Gasteiger partial charge on any atom is -0.224 e. The predicted molar refractivity (Wildman–Crippen MR) is 77.6 cm³/mol. The van der Waals surface area contributed by atoms with Crippen molar-refractivity contribution in [2.75, 3.05) is 12.3 Å². The Morgan fingerprint density at radius 2 is 1.85 bits per heavy atom. The summed E-state index contributed by atoms with van der Waals surface area (Å²) in [6.07, 6.45) is 0. The number of sulfonamides is 1. The average molecular weight is 317 g/mol. The van der Waals surface area contributed by atoms with Gasteiger partial charge in [0.1, 0.15) is 5.25 Å². The minimum absolute atomic E-state index is 0.131. The summed E-state index contributed by atoms with van der Waals surface area (Å²) in [6, 6.07) is 6.30. The third kappa shape index (κ3) is 3.05. The zero-order valence-electron chi connectivity index (χ0n) is 11.8. The van der Waals surface area contributed by atoms with E-state index in [4.69, 9.17) is 0 Å². The maximum Gasteiger partial charge on any atom is 0.219 e. The van der Waals surface area contributed by atoms with Crippen molar-refractivity contribution in [1.29, 1.82) is 0 Å². The Kier molecular flexibility index (Phi) is 3.73. The number of benzene rings is 1. The van der Waals surface area contributed by atoms with Crippen LogP contribution in [0.25, 0.3) is 0 Å². The molecule has 0 saturated heterocycles. The number of nitrogens with one attached hydrogen (secondary N) is 1. The van der Waals surface area contributed by atoms with Gasteiger partial charge in [0.25, 0.3) is 0 Å². The molecule has 112 valence electrons. The fraction of sp³-hybridized carbons (Fsp3) is 0.538. The number of fused-ring (bicyclic) bond motifs is 1. The molecule has 1 aromatic rings. The van der Waals surface area contributed by atoms with Gasteiger partial charge in [-0.1, -0.05) is 39.0 Å². The van der Waals surface area contributed by atoms with Crippen LogP contribution in [0.1, 0.15) is 31.6 Å². The topological polar surface area (TPSA) is 80.3 Å². The van der Waals surface area contributed by atoms with Gasteiger partial charge in [-0.05, 0) is 17.0 Å². The summed E-state index contributed by atoms with van der Waals surface area (Å²) >= 11 is 0. The fourth-order valence-electron chi connectivity index (χ4n) is 2.08. The summed E-state index contributed by atoms with van der Waals surface area (Å²) in [5.41, 5.74) is 0.165. The highest BCUT2D eigenvalue weighted by atomic mass is 32.2. The molecule has 1 aromatic carbocycles. The van der Waals surface area contributed by atoms with Crippen LogP contribution in [-0.2, 0) is 19.9 Å². The number of sulfone groups is 1. The second-order valence-corrected chi connectivity index (χ2v) is 10.2. The van der Waals surface area contributed by atoms with Crippen LogP contribution in [0.3, 0.4) is 0 Å². The van der Waals surface area contributed by atoms with Gasteiger partial charge in [0.2, 0.25) is 10.0 Å². The molecular formula is C13H19NO4S2. The Morgan fingerprint density at radius 1 is 1.25 bits per heavy atom. The molecule has 0 fully saturated rings. The van der Waals surface area contributed by atoms with Crippen LogP contribution in [0, 0.1) is 5.41 Å². The van der Waals surface area contributed by atoms with E-state index in [9.17, 15) is 16.8 Å². The van der Waals surface area contributed by atoms with Crippen LogP contribution in [-0.4, -0.2) is 29.1 Å². The summed E-state index contributed by atoms with van der Waals surface area (Å²) in [7, 11) is -7.22. The molecule has 0 saturated carbocycles. The van der Waals surface area contributed by atoms with Gasteiger partial charge in [0.05, 0.1) is 10.6 Å². The van der Waals surface area contributed by atoms with Crippen LogP contribution in [0.4, 0.5) is 0 Å². The lowest BCUT2D eigenvalue weighted by Crippen LogP contribution is -2.36. The second-order valence-electron chi connectivity index (χ2n) is 6.23. The molecule has 5 nitrogen and oxygen atoms in total. The molecule has 20 heavy (non-hydrogen) atoms. The van der Waals surface area contributed by atoms with Crippen LogP contribution in [0.2, 0.25) is 0 Å². The first kappa shape index (κ1) is 15.5. The van der Waals surface area contributed by atoms with Crippen LogP contribution < -0.4 is 4.72 Å². The molecule has 7 heteroatoms. The summed E-state index contributed by atoms with van der Waals surface area (Å²) < 4.78 is 51.3. The Labute approximate surface area is 120 Å². The average Bonchev–Trinajstić information content (AvgIpc) is 2.60. The summed E-state index contributed by atoms with van der Waals surface area (Å²) in [6.45, 7) is 6.01. The molecule has 1 heterocycles. The number of rotatable bonds is 3. The summed E-state index contributed by atoms with van der Waals surface area (Å²) in [4.78, 5) is 0.131. The van der Waals surface area contributed by atoms with Crippen LogP contribution in [0.5, 0.6) is 0 Å². The highest BCUT2D eigenvalue weighted by Gasteiger charge is 2.42.